The average molecular weight is 392 g/mol. The fraction of sp³-hybridized carbons (Fsp3) is 0.316. The van der Waals surface area contributed by atoms with E-state index in [1.165, 1.54) is 16.4 Å². The van der Waals surface area contributed by atoms with Gasteiger partial charge in [-0.05, 0) is 49.2 Å². The second kappa shape index (κ2) is 7.19. The number of fused-ring (bicyclic) bond motifs is 1. The van der Waals surface area contributed by atoms with E-state index in [0.29, 0.717) is 11.4 Å². The highest BCUT2D eigenvalue weighted by atomic mass is 32.2. The molecular weight excluding hydrogens is 371 g/mol. The molecule has 0 fully saturated rings. The summed E-state index contributed by atoms with van der Waals surface area (Å²) in [6, 6.07) is 10.6. The van der Waals surface area contributed by atoms with Crippen LogP contribution in [0.1, 0.15) is 24.1 Å². The molecule has 27 heavy (non-hydrogen) atoms. The number of nitrogens with zero attached hydrogens (tertiary/aromatic N) is 1. The van der Waals surface area contributed by atoms with E-state index in [1.54, 1.807) is 37.3 Å². The molecule has 2 atom stereocenters. The average Bonchev–Trinajstić information content (AvgIpc) is 2.60. The zero-order valence-electron chi connectivity index (χ0n) is 15.3. The highest BCUT2D eigenvalue weighted by molar-refractivity contribution is 7.92. The van der Waals surface area contributed by atoms with Crippen LogP contribution in [0.2, 0.25) is 0 Å². The zero-order valence-corrected chi connectivity index (χ0v) is 16.1. The predicted octanol–water partition coefficient (Wildman–Crippen LogP) is 2.54. The molecule has 8 heteroatoms. The van der Waals surface area contributed by atoms with Gasteiger partial charge >= 0.3 is 0 Å². The van der Waals surface area contributed by atoms with E-state index in [1.807, 2.05) is 6.92 Å². The molecule has 1 heterocycles. The van der Waals surface area contributed by atoms with Gasteiger partial charge in [-0.2, -0.15) is 0 Å². The lowest BCUT2D eigenvalue weighted by Crippen LogP contribution is -2.50. The molecular formula is C19H21FN2O4S. The number of benzene rings is 2. The van der Waals surface area contributed by atoms with Gasteiger partial charge in [0.25, 0.3) is 5.91 Å². The molecule has 6 nitrogen and oxygen atoms in total. The summed E-state index contributed by atoms with van der Waals surface area (Å²) in [6.07, 6.45) is 0.110. The molecule has 0 radical (unpaired) electrons. The molecule has 0 saturated carbocycles. The number of amides is 1. The maximum Gasteiger partial charge on any atom is 0.263 e. The second-order valence-corrected chi connectivity index (χ2v) is 8.56. The molecule has 1 amide bonds. The largest absolute Gasteiger partial charge is 0.476 e. The minimum Gasteiger partial charge on any atom is -0.476 e. The van der Waals surface area contributed by atoms with Gasteiger partial charge in [-0.1, -0.05) is 18.2 Å². The fourth-order valence-corrected chi connectivity index (χ4v) is 3.86. The molecule has 0 spiro atoms. The molecule has 1 aliphatic rings. The smallest absolute Gasteiger partial charge is 0.263 e. The monoisotopic (exact) mass is 392 g/mol. The van der Waals surface area contributed by atoms with Gasteiger partial charge in [-0.25, -0.2) is 12.8 Å². The first-order chi connectivity index (χ1) is 12.6. The van der Waals surface area contributed by atoms with Crippen LogP contribution in [0, 0.1) is 12.7 Å². The van der Waals surface area contributed by atoms with Crippen LogP contribution < -0.4 is 14.4 Å². The molecule has 0 saturated heterocycles. The number of carbonyl (C=O) groups is 1. The number of hydrogen-bond donors (Lipinski definition) is 1. The highest BCUT2D eigenvalue weighted by Gasteiger charge is 2.35. The summed E-state index contributed by atoms with van der Waals surface area (Å²) in [7, 11) is -3.58. The van der Waals surface area contributed by atoms with Gasteiger partial charge in [0.15, 0.2) is 6.10 Å². The fourth-order valence-electron chi connectivity index (χ4n) is 2.95. The third kappa shape index (κ3) is 4.21. The molecule has 1 aliphatic heterocycles. The van der Waals surface area contributed by atoms with Crippen molar-refractivity contribution in [3.05, 3.63) is 59.4 Å². The summed E-state index contributed by atoms with van der Waals surface area (Å²) in [5.74, 6) is -0.456. The minimum absolute atomic E-state index is 0.114. The Balaban J connectivity index is 1.81. The molecule has 144 valence electrons. The van der Waals surface area contributed by atoms with Crippen LogP contribution in [0.3, 0.4) is 0 Å². The Kier molecular flexibility index (Phi) is 5.10. The van der Waals surface area contributed by atoms with Crippen LogP contribution in [-0.4, -0.2) is 33.2 Å². The van der Waals surface area contributed by atoms with Gasteiger partial charge in [0.1, 0.15) is 11.6 Å². The van der Waals surface area contributed by atoms with E-state index >= 15 is 0 Å². The highest BCUT2D eigenvalue weighted by Crippen LogP contribution is 2.35. The van der Waals surface area contributed by atoms with E-state index in [0.717, 1.165) is 17.4 Å². The van der Waals surface area contributed by atoms with E-state index in [2.05, 4.69) is 5.32 Å². The van der Waals surface area contributed by atoms with Crippen LogP contribution in [0.15, 0.2) is 42.5 Å². The van der Waals surface area contributed by atoms with Gasteiger partial charge in [-0.15, -0.1) is 0 Å². The molecule has 0 unspecified atom stereocenters. The lowest BCUT2D eigenvalue weighted by atomic mass is 10.1. The molecule has 0 aromatic heterocycles. The Morgan fingerprint density at radius 1 is 1.26 bits per heavy atom. The van der Waals surface area contributed by atoms with Crippen molar-refractivity contribution in [3.63, 3.8) is 0 Å². The van der Waals surface area contributed by atoms with E-state index < -0.39 is 22.0 Å². The third-order valence-corrected chi connectivity index (χ3v) is 5.55. The number of rotatable bonds is 4. The minimum atomic E-state index is -3.58. The van der Waals surface area contributed by atoms with E-state index in [4.69, 9.17) is 4.74 Å². The van der Waals surface area contributed by atoms with Crippen molar-refractivity contribution in [3.8, 4) is 5.75 Å². The summed E-state index contributed by atoms with van der Waals surface area (Å²) in [5.41, 5.74) is 2.04. The first-order valence-corrected chi connectivity index (χ1v) is 10.3. The Morgan fingerprint density at radius 2 is 1.93 bits per heavy atom. The summed E-state index contributed by atoms with van der Waals surface area (Å²) in [5, 5.41) is 2.79. The SMILES string of the molecule is Cc1ccc2c(c1)N(S(C)(=O)=O)C[C@@H](C(=O)N[C@@H](C)c1ccc(F)cc1)O2. The Labute approximate surface area is 158 Å². The maximum absolute atomic E-state index is 13.1. The number of halogens is 1. The molecule has 3 rings (SSSR count). The standard InChI is InChI=1S/C19H21FN2O4S/c1-12-4-9-17-16(10-12)22(27(3,24)25)11-18(26-17)19(23)21-13(2)14-5-7-15(20)8-6-14/h4-10,13,18H,11H2,1-3H3,(H,21,23)/t13-,18-/m0/s1. The number of anilines is 1. The Bertz CT molecular complexity index is 960. The van der Waals surface area contributed by atoms with Crippen molar-refractivity contribution in [2.75, 3.05) is 17.1 Å². The number of hydrogen-bond acceptors (Lipinski definition) is 4. The number of ether oxygens (including phenoxy) is 1. The summed E-state index contributed by atoms with van der Waals surface area (Å²) < 4.78 is 44.4. The lowest BCUT2D eigenvalue weighted by Gasteiger charge is -2.34. The number of aryl methyl sites for hydroxylation is 1. The maximum atomic E-state index is 13.1. The van der Waals surface area contributed by atoms with Gasteiger partial charge in [-0.3, -0.25) is 9.10 Å². The predicted molar refractivity (Wildman–Crippen MR) is 101 cm³/mol. The van der Waals surface area contributed by atoms with Gasteiger partial charge in [0, 0.05) is 0 Å². The zero-order chi connectivity index (χ0) is 19.8. The molecule has 0 bridgehead atoms. The first kappa shape index (κ1) is 19.2. The number of nitrogens with one attached hydrogen (secondary N) is 1. The first-order valence-electron chi connectivity index (χ1n) is 8.46. The third-order valence-electron chi connectivity index (χ3n) is 4.41. The van der Waals surface area contributed by atoms with Gasteiger partial charge in [0.05, 0.1) is 24.5 Å². The van der Waals surface area contributed by atoms with Crippen LogP contribution in [0.4, 0.5) is 10.1 Å². The summed E-state index contributed by atoms with van der Waals surface area (Å²) in [4.78, 5) is 12.7. The van der Waals surface area contributed by atoms with Crippen molar-refractivity contribution in [2.45, 2.75) is 26.0 Å². The van der Waals surface area contributed by atoms with Crippen LogP contribution >= 0.6 is 0 Å². The van der Waals surface area contributed by atoms with Crippen molar-refractivity contribution in [1.82, 2.24) is 5.32 Å². The lowest BCUT2D eigenvalue weighted by molar-refractivity contribution is -0.128. The van der Waals surface area contributed by atoms with Crippen molar-refractivity contribution >= 4 is 21.6 Å². The van der Waals surface area contributed by atoms with Crippen LogP contribution in [0.25, 0.3) is 0 Å². The van der Waals surface area contributed by atoms with E-state index in [-0.39, 0.29) is 18.4 Å². The summed E-state index contributed by atoms with van der Waals surface area (Å²) >= 11 is 0. The molecule has 1 N–H and O–H groups in total. The number of carbonyl (C=O) groups excluding carboxylic acids is 1. The Hall–Kier alpha value is -2.61. The van der Waals surface area contributed by atoms with Crippen LogP contribution in [-0.2, 0) is 14.8 Å². The topological polar surface area (TPSA) is 75.7 Å². The van der Waals surface area contributed by atoms with E-state index in [9.17, 15) is 17.6 Å². The molecule has 0 aliphatic carbocycles. The van der Waals surface area contributed by atoms with Crippen molar-refractivity contribution in [2.24, 2.45) is 0 Å². The molecule has 2 aromatic rings. The number of sulfonamides is 1. The molecule has 2 aromatic carbocycles. The second-order valence-electron chi connectivity index (χ2n) is 6.65. The van der Waals surface area contributed by atoms with Gasteiger partial charge < -0.3 is 10.1 Å². The van der Waals surface area contributed by atoms with Gasteiger partial charge in [0.2, 0.25) is 10.0 Å². The van der Waals surface area contributed by atoms with Crippen molar-refractivity contribution in [1.29, 1.82) is 0 Å². The summed E-state index contributed by atoms with van der Waals surface area (Å²) in [6.45, 7) is 3.50. The normalized spacial score (nSPS) is 17.6. The quantitative estimate of drug-likeness (QED) is 0.868. The van der Waals surface area contributed by atoms with Crippen molar-refractivity contribution < 1.29 is 22.3 Å². The van der Waals surface area contributed by atoms with Crippen LogP contribution in [0.5, 0.6) is 5.75 Å². The Morgan fingerprint density at radius 3 is 2.56 bits per heavy atom.